The normalized spacial score (nSPS) is 18.3. The van der Waals surface area contributed by atoms with Crippen molar-refractivity contribution in [3.63, 3.8) is 0 Å². The SMILES string of the molecule is O=C(O)[C@H]1CCCN(C(=O)CCn2ccc3cc(Br)ccc32)C1. The molecule has 1 aromatic heterocycles. The summed E-state index contributed by atoms with van der Waals surface area (Å²) < 4.78 is 3.10. The first-order valence-electron chi connectivity index (χ1n) is 7.79. The van der Waals surface area contributed by atoms with Crippen molar-refractivity contribution >= 4 is 38.7 Å². The molecule has 0 radical (unpaired) electrons. The molecule has 1 amide bonds. The Labute approximate surface area is 143 Å². The smallest absolute Gasteiger partial charge is 0.308 e. The Balaban J connectivity index is 1.63. The van der Waals surface area contributed by atoms with Gasteiger partial charge >= 0.3 is 5.97 Å². The van der Waals surface area contributed by atoms with Crippen LogP contribution in [0.3, 0.4) is 0 Å². The van der Waals surface area contributed by atoms with Gasteiger partial charge in [0, 0.05) is 47.6 Å². The number of aromatic nitrogens is 1. The molecule has 0 spiro atoms. The molecule has 3 rings (SSSR count). The summed E-state index contributed by atoms with van der Waals surface area (Å²) in [6.07, 6.45) is 3.81. The van der Waals surface area contributed by atoms with E-state index in [0.717, 1.165) is 21.8 Å². The van der Waals surface area contributed by atoms with Crippen LogP contribution in [0.2, 0.25) is 0 Å². The van der Waals surface area contributed by atoms with Crippen molar-refractivity contribution in [3.05, 3.63) is 34.9 Å². The number of hydrogen-bond donors (Lipinski definition) is 1. The van der Waals surface area contributed by atoms with Crippen molar-refractivity contribution in [2.45, 2.75) is 25.8 Å². The van der Waals surface area contributed by atoms with E-state index >= 15 is 0 Å². The summed E-state index contributed by atoms with van der Waals surface area (Å²) in [7, 11) is 0. The minimum Gasteiger partial charge on any atom is -0.481 e. The highest BCUT2D eigenvalue weighted by Gasteiger charge is 2.27. The number of carboxylic acids is 1. The molecule has 1 aliphatic heterocycles. The number of likely N-dealkylation sites (tertiary alicyclic amines) is 1. The number of hydrogen-bond acceptors (Lipinski definition) is 2. The number of aliphatic carboxylic acids is 1. The van der Waals surface area contributed by atoms with Gasteiger partial charge in [-0.3, -0.25) is 9.59 Å². The lowest BCUT2D eigenvalue weighted by Crippen LogP contribution is -2.42. The van der Waals surface area contributed by atoms with Gasteiger partial charge in [-0.15, -0.1) is 0 Å². The fraction of sp³-hybridized carbons (Fsp3) is 0.412. The Kier molecular flexibility index (Phi) is 4.71. The van der Waals surface area contributed by atoms with Crippen molar-refractivity contribution in [3.8, 4) is 0 Å². The highest BCUT2D eigenvalue weighted by Crippen LogP contribution is 2.22. The summed E-state index contributed by atoms with van der Waals surface area (Å²) in [5.41, 5.74) is 1.10. The quantitative estimate of drug-likeness (QED) is 0.888. The summed E-state index contributed by atoms with van der Waals surface area (Å²) in [6.45, 7) is 1.62. The molecule has 0 bridgehead atoms. The predicted molar refractivity (Wildman–Crippen MR) is 91.2 cm³/mol. The van der Waals surface area contributed by atoms with Crippen LogP contribution in [0.15, 0.2) is 34.9 Å². The molecule has 2 heterocycles. The molecular weight excluding hydrogens is 360 g/mol. The Hall–Kier alpha value is -1.82. The van der Waals surface area contributed by atoms with Crippen molar-refractivity contribution in [2.24, 2.45) is 5.92 Å². The van der Waals surface area contributed by atoms with Gasteiger partial charge in [-0.25, -0.2) is 0 Å². The lowest BCUT2D eigenvalue weighted by atomic mass is 9.98. The fourth-order valence-corrected chi connectivity index (χ4v) is 3.52. The van der Waals surface area contributed by atoms with Crippen LogP contribution in [0.5, 0.6) is 0 Å². The van der Waals surface area contributed by atoms with Crippen LogP contribution in [-0.2, 0) is 16.1 Å². The summed E-state index contributed by atoms with van der Waals surface area (Å²) in [4.78, 5) is 25.2. The molecular formula is C17H19BrN2O3. The van der Waals surface area contributed by atoms with E-state index in [0.29, 0.717) is 32.5 Å². The highest BCUT2D eigenvalue weighted by molar-refractivity contribution is 9.10. The predicted octanol–water partition coefficient (Wildman–Crippen LogP) is 3.12. The molecule has 23 heavy (non-hydrogen) atoms. The van der Waals surface area contributed by atoms with Gasteiger partial charge in [0.1, 0.15) is 0 Å². The van der Waals surface area contributed by atoms with Gasteiger partial charge in [0.25, 0.3) is 0 Å². The number of rotatable bonds is 4. The molecule has 0 saturated carbocycles. The molecule has 6 heteroatoms. The van der Waals surface area contributed by atoms with E-state index in [1.54, 1.807) is 4.90 Å². The summed E-state index contributed by atoms with van der Waals surface area (Å²) in [5.74, 6) is -1.18. The van der Waals surface area contributed by atoms with Crippen LogP contribution in [0, 0.1) is 5.92 Å². The molecule has 1 saturated heterocycles. The fourth-order valence-electron chi connectivity index (χ4n) is 3.15. The van der Waals surface area contributed by atoms with E-state index in [-0.39, 0.29) is 5.91 Å². The summed E-state index contributed by atoms with van der Waals surface area (Å²) >= 11 is 3.46. The standard InChI is InChI=1S/C17H19BrN2O3/c18-14-3-4-15-12(10-14)5-8-19(15)9-6-16(21)20-7-1-2-13(11-20)17(22)23/h3-5,8,10,13H,1-2,6-7,9,11H2,(H,22,23)/t13-/m0/s1. The van der Waals surface area contributed by atoms with E-state index in [4.69, 9.17) is 5.11 Å². The summed E-state index contributed by atoms with van der Waals surface area (Å²) in [5, 5.41) is 10.2. The second-order valence-corrected chi connectivity index (χ2v) is 6.90. The Bertz CT molecular complexity index is 741. The largest absolute Gasteiger partial charge is 0.481 e. The van der Waals surface area contributed by atoms with Crippen LogP contribution in [0.4, 0.5) is 0 Å². The molecule has 1 atom stereocenters. The second kappa shape index (κ2) is 6.74. The van der Waals surface area contributed by atoms with E-state index < -0.39 is 11.9 Å². The third kappa shape index (κ3) is 3.58. The molecule has 1 aromatic carbocycles. The topological polar surface area (TPSA) is 62.5 Å². The van der Waals surface area contributed by atoms with Gasteiger partial charge in [-0.2, -0.15) is 0 Å². The van der Waals surface area contributed by atoms with Crippen LogP contribution in [0.25, 0.3) is 10.9 Å². The van der Waals surface area contributed by atoms with E-state index in [2.05, 4.69) is 26.6 Å². The van der Waals surface area contributed by atoms with Gasteiger partial charge in [0.2, 0.25) is 5.91 Å². The minimum absolute atomic E-state index is 0.0370. The lowest BCUT2D eigenvalue weighted by Gasteiger charge is -2.30. The first-order chi connectivity index (χ1) is 11.0. The Morgan fingerprint density at radius 3 is 2.91 bits per heavy atom. The number of piperidine rings is 1. The maximum atomic E-state index is 12.4. The van der Waals surface area contributed by atoms with Gasteiger partial charge in [0.05, 0.1) is 5.92 Å². The molecule has 1 N–H and O–H groups in total. The van der Waals surface area contributed by atoms with Gasteiger partial charge in [0.15, 0.2) is 0 Å². The maximum Gasteiger partial charge on any atom is 0.308 e. The third-order valence-corrected chi connectivity index (χ3v) is 4.92. The van der Waals surface area contributed by atoms with E-state index in [1.165, 1.54) is 0 Å². The van der Waals surface area contributed by atoms with Crippen LogP contribution < -0.4 is 0 Å². The highest BCUT2D eigenvalue weighted by atomic mass is 79.9. The molecule has 0 aliphatic carbocycles. The number of benzene rings is 1. The van der Waals surface area contributed by atoms with Crippen molar-refractivity contribution in [1.82, 2.24) is 9.47 Å². The molecule has 1 fully saturated rings. The number of carbonyl (C=O) groups excluding carboxylic acids is 1. The average molecular weight is 379 g/mol. The monoisotopic (exact) mass is 378 g/mol. The average Bonchev–Trinajstić information content (AvgIpc) is 2.94. The molecule has 2 aromatic rings. The first-order valence-corrected chi connectivity index (χ1v) is 8.59. The number of halogens is 1. The zero-order valence-corrected chi connectivity index (χ0v) is 14.3. The van der Waals surface area contributed by atoms with E-state index in [9.17, 15) is 9.59 Å². The van der Waals surface area contributed by atoms with Crippen LogP contribution >= 0.6 is 15.9 Å². The van der Waals surface area contributed by atoms with Crippen molar-refractivity contribution in [1.29, 1.82) is 0 Å². The number of amides is 1. The number of carboxylic acid groups (broad SMARTS) is 1. The lowest BCUT2D eigenvalue weighted by molar-refractivity contribution is -0.145. The second-order valence-electron chi connectivity index (χ2n) is 5.98. The maximum absolute atomic E-state index is 12.4. The Morgan fingerprint density at radius 2 is 2.13 bits per heavy atom. The van der Waals surface area contributed by atoms with Gasteiger partial charge < -0.3 is 14.6 Å². The van der Waals surface area contributed by atoms with Gasteiger partial charge in [-0.05, 0) is 37.1 Å². The zero-order chi connectivity index (χ0) is 16.4. The molecule has 122 valence electrons. The minimum atomic E-state index is -0.801. The van der Waals surface area contributed by atoms with Gasteiger partial charge in [-0.1, -0.05) is 15.9 Å². The number of nitrogens with zero attached hydrogens (tertiary/aromatic N) is 2. The van der Waals surface area contributed by atoms with Crippen molar-refractivity contribution < 1.29 is 14.7 Å². The zero-order valence-electron chi connectivity index (χ0n) is 12.7. The number of carbonyl (C=O) groups is 2. The Morgan fingerprint density at radius 1 is 1.30 bits per heavy atom. The first kappa shape index (κ1) is 16.1. The van der Waals surface area contributed by atoms with Crippen molar-refractivity contribution in [2.75, 3.05) is 13.1 Å². The molecule has 5 nitrogen and oxygen atoms in total. The van der Waals surface area contributed by atoms with E-state index in [1.807, 2.05) is 24.4 Å². The van der Waals surface area contributed by atoms with Crippen LogP contribution in [0.1, 0.15) is 19.3 Å². The van der Waals surface area contributed by atoms with Crippen LogP contribution in [-0.4, -0.2) is 39.5 Å². The number of fused-ring (bicyclic) bond motifs is 1. The third-order valence-electron chi connectivity index (χ3n) is 4.42. The number of aryl methyl sites for hydroxylation is 1. The molecule has 1 aliphatic rings. The molecule has 0 unspecified atom stereocenters. The summed E-state index contributed by atoms with van der Waals surface area (Å²) in [6, 6.07) is 8.11.